The average molecular weight is 322 g/mol. The van der Waals surface area contributed by atoms with Crippen molar-refractivity contribution in [2.45, 2.75) is 19.4 Å². The molecule has 114 valence electrons. The van der Waals surface area contributed by atoms with Crippen molar-refractivity contribution in [3.8, 4) is 10.8 Å². The van der Waals surface area contributed by atoms with Gasteiger partial charge >= 0.3 is 0 Å². The van der Waals surface area contributed by atoms with Crippen LogP contribution in [0.25, 0.3) is 10.8 Å². The van der Waals surface area contributed by atoms with Gasteiger partial charge in [0.05, 0.1) is 0 Å². The van der Waals surface area contributed by atoms with Crippen LogP contribution in [0.3, 0.4) is 0 Å². The highest BCUT2D eigenvalue weighted by Gasteiger charge is 2.32. The quantitative estimate of drug-likeness (QED) is 0.727. The SMILES string of the molecule is C[C@@H]1Cc2ccccc2N1C(=O)c1csc(-c2ncccn2)n1. The number of fused-ring (bicyclic) bond motifs is 1. The molecule has 5 nitrogen and oxygen atoms in total. The van der Waals surface area contributed by atoms with Gasteiger partial charge in [-0.05, 0) is 31.0 Å². The number of benzene rings is 1. The first kappa shape index (κ1) is 14.0. The monoisotopic (exact) mass is 322 g/mol. The van der Waals surface area contributed by atoms with E-state index in [-0.39, 0.29) is 11.9 Å². The van der Waals surface area contributed by atoms with Crippen LogP contribution in [0.1, 0.15) is 23.0 Å². The Hall–Kier alpha value is -2.60. The normalized spacial score (nSPS) is 16.4. The molecule has 0 spiro atoms. The summed E-state index contributed by atoms with van der Waals surface area (Å²) in [6.07, 6.45) is 4.22. The third kappa shape index (κ3) is 2.41. The lowest BCUT2D eigenvalue weighted by Crippen LogP contribution is -2.35. The first-order valence-corrected chi connectivity index (χ1v) is 8.26. The second-order valence-corrected chi connectivity index (χ2v) is 6.33. The van der Waals surface area contributed by atoms with Crippen molar-refractivity contribution in [2.75, 3.05) is 4.90 Å². The van der Waals surface area contributed by atoms with Crippen LogP contribution in [0, 0.1) is 0 Å². The van der Waals surface area contributed by atoms with Gasteiger partial charge in [-0.3, -0.25) is 4.79 Å². The summed E-state index contributed by atoms with van der Waals surface area (Å²) in [5, 5.41) is 2.44. The summed E-state index contributed by atoms with van der Waals surface area (Å²) in [7, 11) is 0. The molecule has 1 amide bonds. The summed E-state index contributed by atoms with van der Waals surface area (Å²) in [6.45, 7) is 2.06. The molecule has 0 unspecified atom stereocenters. The van der Waals surface area contributed by atoms with E-state index in [1.165, 1.54) is 16.9 Å². The van der Waals surface area contributed by atoms with Gasteiger partial charge in [0.15, 0.2) is 10.8 Å². The predicted molar refractivity (Wildman–Crippen MR) is 89.6 cm³/mol. The molecule has 1 aromatic carbocycles. The van der Waals surface area contributed by atoms with Crippen molar-refractivity contribution in [3.05, 3.63) is 59.4 Å². The Morgan fingerprint density at radius 2 is 2.00 bits per heavy atom. The average Bonchev–Trinajstić information content (AvgIpc) is 3.19. The number of aromatic nitrogens is 3. The molecule has 0 fully saturated rings. The molecule has 0 aliphatic carbocycles. The van der Waals surface area contributed by atoms with Gasteiger partial charge < -0.3 is 4.90 Å². The standard InChI is InChI=1S/C17H14N4OS/c1-11-9-12-5-2-3-6-14(12)21(11)17(22)13-10-23-16(20-13)15-18-7-4-8-19-15/h2-8,10-11H,9H2,1H3/t11-/m1/s1. The molecule has 4 rings (SSSR count). The van der Waals surface area contributed by atoms with E-state index in [1.807, 2.05) is 23.1 Å². The molecular formula is C17H14N4OS. The number of amides is 1. The Morgan fingerprint density at radius 1 is 1.22 bits per heavy atom. The summed E-state index contributed by atoms with van der Waals surface area (Å²) in [4.78, 5) is 27.5. The zero-order valence-corrected chi connectivity index (χ0v) is 13.3. The number of thiazole rings is 1. The number of nitrogens with zero attached hydrogens (tertiary/aromatic N) is 4. The van der Waals surface area contributed by atoms with Crippen molar-refractivity contribution in [3.63, 3.8) is 0 Å². The van der Waals surface area contributed by atoms with Crippen LogP contribution in [0.4, 0.5) is 5.69 Å². The van der Waals surface area contributed by atoms with E-state index >= 15 is 0 Å². The number of anilines is 1. The molecule has 2 aromatic heterocycles. The molecule has 1 aliphatic rings. The van der Waals surface area contributed by atoms with Crippen molar-refractivity contribution >= 4 is 22.9 Å². The van der Waals surface area contributed by atoms with Crippen LogP contribution >= 0.6 is 11.3 Å². The summed E-state index contributed by atoms with van der Waals surface area (Å²) in [5.41, 5.74) is 2.63. The maximum absolute atomic E-state index is 12.9. The summed E-state index contributed by atoms with van der Waals surface area (Å²) in [6, 6.07) is 9.92. The van der Waals surface area contributed by atoms with Gasteiger partial charge in [-0.2, -0.15) is 0 Å². The molecule has 0 saturated carbocycles. The minimum atomic E-state index is -0.0686. The third-order valence-electron chi connectivity index (χ3n) is 3.91. The number of hydrogen-bond donors (Lipinski definition) is 0. The van der Waals surface area contributed by atoms with Gasteiger partial charge in [0.25, 0.3) is 5.91 Å². The van der Waals surface area contributed by atoms with Crippen LogP contribution in [0.15, 0.2) is 48.1 Å². The third-order valence-corrected chi connectivity index (χ3v) is 4.74. The van der Waals surface area contributed by atoms with Gasteiger partial charge in [-0.1, -0.05) is 18.2 Å². The van der Waals surface area contributed by atoms with E-state index in [2.05, 4.69) is 27.9 Å². The highest BCUT2D eigenvalue weighted by Crippen LogP contribution is 2.33. The number of para-hydroxylation sites is 1. The molecule has 0 N–H and O–H groups in total. The molecule has 3 aromatic rings. The van der Waals surface area contributed by atoms with E-state index in [9.17, 15) is 4.79 Å². The zero-order valence-electron chi connectivity index (χ0n) is 12.5. The Kier molecular flexibility index (Phi) is 3.38. The van der Waals surface area contributed by atoms with Gasteiger partial charge in [-0.25, -0.2) is 15.0 Å². The van der Waals surface area contributed by atoms with E-state index in [4.69, 9.17) is 0 Å². The number of rotatable bonds is 2. The maximum atomic E-state index is 12.9. The first-order valence-electron chi connectivity index (χ1n) is 7.38. The van der Waals surface area contributed by atoms with E-state index in [0.29, 0.717) is 16.5 Å². The number of carbonyl (C=O) groups excluding carboxylic acids is 1. The topological polar surface area (TPSA) is 59.0 Å². The van der Waals surface area contributed by atoms with Crippen molar-refractivity contribution in [1.82, 2.24) is 15.0 Å². The van der Waals surface area contributed by atoms with E-state index in [1.54, 1.807) is 23.8 Å². The van der Waals surface area contributed by atoms with Crippen LogP contribution in [-0.4, -0.2) is 26.9 Å². The molecule has 6 heteroatoms. The van der Waals surface area contributed by atoms with Gasteiger partial charge in [0.2, 0.25) is 0 Å². The van der Waals surface area contributed by atoms with E-state index < -0.39 is 0 Å². The molecule has 0 saturated heterocycles. The van der Waals surface area contributed by atoms with Crippen LogP contribution < -0.4 is 4.90 Å². The smallest absolute Gasteiger partial charge is 0.278 e. The zero-order chi connectivity index (χ0) is 15.8. The Balaban J connectivity index is 1.67. The largest absolute Gasteiger partial charge is 0.304 e. The Morgan fingerprint density at radius 3 is 2.83 bits per heavy atom. The predicted octanol–water partition coefficient (Wildman–Crippen LogP) is 3.19. The molecule has 0 bridgehead atoms. The van der Waals surface area contributed by atoms with Gasteiger partial charge in [0.1, 0.15) is 5.69 Å². The fraction of sp³-hybridized carbons (Fsp3) is 0.176. The van der Waals surface area contributed by atoms with Crippen molar-refractivity contribution < 1.29 is 4.79 Å². The first-order chi connectivity index (χ1) is 11.2. The van der Waals surface area contributed by atoms with Gasteiger partial charge in [0, 0.05) is 29.5 Å². The Bertz CT molecular complexity index is 862. The van der Waals surface area contributed by atoms with Crippen LogP contribution in [0.5, 0.6) is 0 Å². The lowest BCUT2D eigenvalue weighted by molar-refractivity contribution is 0.0977. The van der Waals surface area contributed by atoms with Gasteiger partial charge in [-0.15, -0.1) is 11.3 Å². The maximum Gasteiger partial charge on any atom is 0.278 e. The lowest BCUT2D eigenvalue weighted by Gasteiger charge is -2.21. The summed E-state index contributed by atoms with van der Waals surface area (Å²) < 4.78 is 0. The second-order valence-electron chi connectivity index (χ2n) is 5.47. The van der Waals surface area contributed by atoms with Crippen molar-refractivity contribution in [2.24, 2.45) is 0 Å². The number of hydrogen-bond acceptors (Lipinski definition) is 5. The lowest BCUT2D eigenvalue weighted by atomic mass is 10.1. The fourth-order valence-electron chi connectivity index (χ4n) is 2.88. The second kappa shape index (κ2) is 5.55. The summed E-state index contributed by atoms with van der Waals surface area (Å²) >= 11 is 1.39. The molecule has 23 heavy (non-hydrogen) atoms. The fourth-order valence-corrected chi connectivity index (χ4v) is 3.62. The minimum absolute atomic E-state index is 0.0686. The van der Waals surface area contributed by atoms with Crippen molar-refractivity contribution in [1.29, 1.82) is 0 Å². The van der Waals surface area contributed by atoms with Crippen LogP contribution in [-0.2, 0) is 6.42 Å². The highest BCUT2D eigenvalue weighted by molar-refractivity contribution is 7.13. The highest BCUT2D eigenvalue weighted by atomic mass is 32.1. The van der Waals surface area contributed by atoms with Crippen LogP contribution in [0.2, 0.25) is 0 Å². The molecule has 0 radical (unpaired) electrons. The molecule has 3 heterocycles. The number of carbonyl (C=O) groups is 1. The summed E-state index contributed by atoms with van der Waals surface area (Å²) in [5.74, 6) is 0.479. The Labute approximate surface area is 137 Å². The minimum Gasteiger partial charge on any atom is -0.304 e. The molecule has 1 aliphatic heterocycles. The molecule has 1 atom stereocenters. The van der Waals surface area contributed by atoms with E-state index in [0.717, 1.165) is 12.1 Å². The molecular weight excluding hydrogens is 308 g/mol.